The Hall–Kier alpha value is -2.49. The van der Waals surface area contributed by atoms with Gasteiger partial charge in [0.05, 0.1) is 12.1 Å². The second kappa shape index (κ2) is 6.52. The van der Waals surface area contributed by atoms with Crippen LogP contribution in [-0.4, -0.2) is 25.1 Å². The second-order valence-corrected chi connectivity index (χ2v) is 5.52. The summed E-state index contributed by atoms with van der Waals surface area (Å²) >= 11 is 0. The summed E-state index contributed by atoms with van der Waals surface area (Å²) in [5.41, 5.74) is 7.06. The van der Waals surface area contributed by atoms with Gasteiger partial charge in [0.1, 0.15) is 11.9 Å². The molecule has 0 aliphatic carbocycles. The number of piperidine rings is 1. The largest absolute Gasteiger partial charge is 0.488 e. The number of para-hydroxylation sites is 2. The molecule has 2 aromatic carbocycles. The molecule has 0 saturated carbocycles. The molecule has 1 saturated heterocycles. The quantitative estimate of drug-likeness (QED) is 0.944. The molecule has 1 atom stereocenters. The molecule has 22 heavy (non-hydrogen) atoms. The minimum atomic E-state index is -0.452. The Morgan fingerprint density at radius 2 is 1.82 bits per heavy atom. The third kappa shape index (κ3) is 3.22. The lowest BCUT2D eigenvalue weighted by atomic mass is 10.1. The van der Waals surface area contributed by atoms with Crippen molar-refractivity contribution in [3.8, 4) is 5.75 Å². The van der Waals surface area contributed by atoms with E-state index in [9.17, 15) is 4.79 Å². The van der Waals surface area contributed by atoms with E-state index in [0.717, 1.165) is 25.9 Å². The molecule has 114 valence electrons. The number of rotatable bonds is 4. The summed E-state index contributed by atoms with van der Waals surface area (Å²) in [5, 5.41) is 0. The summed E-state index contributed by atoms with van der Waals surface area (Å²) in [5.74, 6) is 0.126. The molecule has 2 N–H and O–H groups in total. The molecule has 0 spiro atoms. The van der Waals surface area contributed by atoms with E-state index in [1.807, 2.05) is 30.3 Å². The van der Waals surface area contributed by atoms with Crippen LogP contribution in [0, 0.1) is 0 Å². The van der Waals surface area contributed by atoms with Crippen molar-refractivity contribution in [1.82, 2.24) is 0 Å². The van der Waals surface area contributed by atoms with Gasteiger partial charge in [0.2, 0.25) is 0 Å². The molecule has 1 aliphatic rings. The Bertz CT molecular complexity index is 643. The first-order valence-electron chi connectivity index (χ1n) is 7.59. The summed E-state index contributed by atoms with van der Waals surface area (Å²) in [7, 11) is 0. The van der Waals surface area contributed by atoms with E-state index in [-0.39, 0.29) is 6.10 Å². The van der Waals surface area contributed by atoms with Crippen molar-refractivity contribution in [3.05, 3.63) is 60.2 Å². The SMILES string of the molecule is NC(=O)c1ccccc1OC1CCCN(c2ccccc2)C1. The molecule has 1 aliphatic heterocycles. The van der Waals surface area contributed by atoms with Crippen molar-refractivity contribution in [2.45, 2.75) is 18.9 Å². The molecule has 1 amide bonds. The molecule has 2 aromatic rings. The van der Waals surface area contributed by atoms with Crippen LogP contribution in [0.4, 0.5) is 5.69 Å². The van der Waals surface area contributed by atoms with Crippen molar-refractivity contribution in [2.75, 3.05) is 18.0 Å². The first-order chi connectivity index (χ1) is 10.7. The summed E-state index contributed by atoms with van der Waals surface area (Å²) in [6, 6.07) is 17.5. The van der Waals surface area contributed by atoms with Gasteiger partial charge in [-0.05, 0) is 37.1 Å². The lowest BCUT2D eigenvalue weighted by Crippen LogP contribution is -2.41. The fourth-order valence-corrected chi connectivity index (χ4v) is 2.86. The molecular weight excluding hydrogens is 276 g/mol. The maximum atomic E-state index is 11.5. The van der Waals surface area contributed by atoms with Crippen molar-refractivity contribution in [3.63, 3.8) is 0 Å². The van der Waals surface area contributed by atoms with Crippen LogP contribution in [0.3, 0.4) is 0 Å². The Morgan fingerprint density at radius 1 is 1.09 bits per heavy atom. The summed E-state index contributed by atoms with van der Waals surface area (Å²) < 4.78 is 6.06. The third-order valence-corrected chi connectivity index (χ3v) is 3.95. The first-order valence-corrected chi connectivity index (χ1v) is 7.59. The van der Waals surface area contributed by atoms with Crippen LogP contribution in [0.2, 0.25) is 0 Å². The molecule has 0 aromatic heterocycles. The van der Waals surface area contributed by atoms with Crippen LogP contribution in [0.5, 0.6) is 5.75 Å². The van der Waals surface area contributed by atoms with E-state index in [1.165, 1.54) is 5.69 Å². The van der Waals surface area contributed by atoms with Gasteiger partial charge in [-0.25, -0.2) is 0 Å². The molecular formula is C18H20N2O2. The number of benzene rings is 2. The van der Waals surface area contributed by atoms with Crippen LogP contribution in [0.15, 0.2) is 54.6 Å². The first kappa shape index (κ1) is 14.4. The highest BCUT2D eigenvalue weighted by Gasteiger charge is 2.22. The average Bonchev–Trinajstić information content (AvgIpc) is 2.56. The van der Waals surface area contributed by atoms with Gasteiger partial charge in [0.15, 0.2) is 0 Å². The molecule has 1 unspecified atom stereocenters. The number of carbonyl (C=O) groups is 1. The van der Waals surface area contributed by atoms with Crippen LogP contribution >= 0.6 is 0 Å². The molecule has 1 fully saturated rings. The molecule has 1 heterocycles. The molecule has 0 bridgehead atoms. The zero-order chi connectivity index (χ0) is 15.4. The van der Waals surface area contributed by atoms with E-state index in [4.69, 9.17) is 10.5 Å². The minimum absolute atomic E-state index is 0.0643. The van der Waals surface area contributed by atoms with E-state index in [2.05, 4.69) is 17.0 Å². The molecule has 4 nitrogen and oxygen atoms in total. The summed E-state index contributed by atoms with van der Waals surface area (Å²) in [6.45, 7) is 1.85. The van der Waals surface area contributed by atoms with E-state index in [1.54, 1.807) is 12.1 Å². The van der Waals surface area contributed by atoms with Crippen LogP contribution in [0.1, 0.15) is 23.2 Å². The number of amides is 1. The lowest BCUT2D eigenvalue weighted by Gasteiger charge is -2.34. The highest BCUT2D eigenvalue weighted by Crippen LogP contribution is 2.25. The number of hydrogen-bond donors (Lipinski definition) is 1. The number of ether oxygens (including phenoxy) is 1. The highest BCUT2D eigenvalue weighted by atomic mass is 16.5. The average molecular weight is 296 g/mol. The van der Waals surface area contributed by atoms with Crippen LogP contribution < -0.4 is 15.4 Å². The van der Waals surface area contributed by atoms with Crippen LogP contribution in [-0.2, 0) is 0 Å². The number of nitrogens with zero attached hydrogens (tertiary/aromatic N) is 1. The molecule has 4 heteroatoms. The second-order valence-electron chi connectivity index (χ2n) is 5.52. The number of anilines is 1. The number of nitrogens with two attached hydrogens (primary N) is 1. The van der Waals surface area contributed by atoms with Crippen molar-refractivity contribution in [2.24, 2.45) is 5.73 Å². The monoisotopic (exact) mass is 296 g/mol. The Labute approximate surface area is 130 Å². The molecule has 3 rings (SSSR count). The summed E-state index contributed by atoms with van der Waals surface area (Å²) in [6.07, 6.45) is 2.11. The summed E-state index contributed by atoms with van der Waals surface area (Å²) in [4.78, 5) is 13.8. The van der Waals surface area contributed by atoms with Gasteiger partial charge in [-0.3, -0.25) is 4.79 Å². The van der Waals surface area contributed by atoms with Crippen molar-refractivity contribution >= 4 is 11.6 Å². The zero-order valence-corrected chi connectivity index (χ0v) is 12.4. The standard InChI is InChI=1S/C18H20N2O2/c19-18(21)16-10-4-5-11-17(16)22-15-9-6-12-20(13-15)14-7-2-1-3-8-14/h1-5,7-8,10-11,15H,6,9,12-13H2,(H2,19,21). The predicted octanol–water partition coefficient (Wildman–Crippen LogP) is 2.83. The Kier molecular flexibility index (Phi) is 4.28. The smallest absolute Gasteiger partial charge is 0.252 e. The zero-order valence-electron chi connectivity index (χ0n) is 12.4. The lowest BCUT2D eigenvalue weighted by molar-refractivity contribution is 0.0991. The molecule has 0 radical (unpaired) electrons. The number of carbonyl (C=O) groups excluding carboxylic acids is 1. The third-order valence-electron chi connectivity index (χ3n) is 3.95. The van der Waals surface area contributed by atoms with E-state index in [0.29, 0.717) is 11.3 Å². The van der Waals surface area contributed by atoms with Gasteiger partial charge in [-0.1, -0.05) is 30.3 Å². The van der Waals surface area contributed by atoms with Crippen molar-refractivity contribution < 1.29 is 9.53 Å². The number of primary amides is 1. The van der Waals surface area contributed by atoms with Crippen LogP contribution in [0.25, 0.3) is 0 Å². The highest BCUT2D eigenvalue weighted by molar-refractivity contribution is 5.95. The van der Waals surface area contributed by atoms with E-state index >= 15 is 0 Å². The topological polar surface area (TPSA) is 55.6 Å². The van der Waals surface area contributed by atoms with Gasteiger partial charge in [-0.15, -0.1) is 0 Å². The maximum Gasteiger partial charge on any atom is 0.252 e. The maximum absolute atomic E-state index is 11.5. The minimum Gasteiger partial charge on any atom is -0.488 e. The van der Waals surface area contributed by atoms with Crippen molar-refractivity contribution in [1.29, 1.82) is 0 Å². The van der Waals surface area contributed by atoms with Gasteiger partial charge in [0.25, 0.3) is 5.91 Å². The fraction of sp³-hybridized carbons (Fsp3) is 0.278. The fourth-order valence-electron chi connectivity index (χ4n) is 2.86. The van der Waals surface area contributed by atoms with E-state index < -0.39 is 5.91 Å². The van der Waals surface area contributed by atoms with Gasteiger partial charge >= 0.3 is 0 Å². The number of hydrogen-bond acceptors (Lipinski definition) is 3. The van der Waals surface area contributed by atoms with Gasteiger partial charge in [0, 0.05) is 12.2 Å². The predicted molar refractivity (Wildman–Crippen MR) is 87.3 cm³/mol. The Morgan fingerprint density at radius 3 is 2.59 bits per heavy atom. The normalized spacial score (nSPS) is 18.0. The van der Waals surface area contributed by atoms with Gasteiger partial charge < -0.3 is 15.4 Å². The Balaban J connectivity index is 1.72. The van der Waals surface area contributed by atoms with Gasteiger partial charge in [-0.2, -0.15) is 0 Å².